The summed E-state index contributed by atoms with van der Waals surface area (Å²) in [5.41, 5.74) is 8.30. The molecule has 0 unspecified atom stereocenters. The Balaban J connectivity index is 0.000000142. The molecule has 16 nitrogen and oxygen atoms in total. The summed E-state index contributed by atoms with van der Waals surface area (Å²) < 4.78 is 49.8. The van der Waals surface area contributed by atoms with Crippen LogP contribution in [-0.2, 0) is 45.3 Å². The minimum atomic E-state index is -3.65. The second-order valence-electron chi connectivity index (χ2n) is 13.9. The Bertz CT molecular complexity index is 3160. The lowest BCUT2D eigenvalue weighted by Gasteiger charge is -2.14. The Hall–Kier alpha value is -5.61. The van der Waals surface area contributed by atoms with Crippen LogP contribution >= 0.6 is 33.4 Å². The molecule has 21 heteroatoms. The number of hydrogen-bond donors (Lipinski definition) is 3. The van der Waals surface area contributed by atoms with Crippen LogP contribution < -0.4 is 16.0 Å². The SMILES string of the molecule is Cc1nc(C)c(S(=O)(=O)Cl)s1.Cc1nc(C)c(S(=O)(=O)N2Cc3ncnc(Nc4cnc5ccccc5c4)c3C2)s1.c1ccc2ncc(Nc3ncnc4c3CNC4)cc2c1. The Morgan fingerprint density at radius 1 is 0.639 bits per heavy atom. The average molecular weight is 914 g/mol. The first-order valence-electron chi connectivity index (χ1n) is 18.7. The van der Waals surface area contributed by atoms with Gasteiger partial charge >= 0.3 is 0 Å². The number of halogens is 1. The molecule has 6 aromatic heterocycles. The van der Waals surface area contributed by atoms with Gasteiger partial charge in [-0.1, -0.05) is 36.4 Å². The van der Waals surface area contributed by atoms with E-state index in [-0.39, 0.29) is 21.5 Å². The molecule has 3 N–H and O–H groups in total. The van der Waals surface area contributed by atoms with Gasteiger partial charge in [0.15, 0.2) is 8.42 Å². The lowest BCUT2D eigenvalue weighted by atomic mass is 10.2. The van der Waals surface area contributed by atoms with Crippen LogP contribution in [0.4, 0.5) is 23.0 Å². The van der Waals surface area contributed by atoms with Gasteiger partial charge in [-0.3, -0.25) is 9.97 Å². The van der Waals surface area contributed by atoms with Crippen molar-refractivity contribution in [3.8, 4) is 0 Å². The summed E-state index contributed by atoms with van der Waals surface area (Å²) in [6, 6.07) is 20.0. The molecule has 2 aliphatic heterocycles. The molecule has 8 heterocycles. The highest BCUT2D eigenvalue weighted by Crippen LogP contribution is 2.35. The third-order valence-electron chi connectivity index (χ3n) is 9.55. The molecular weight excluding hydrogens is 876 g/mol. The van der Waals surface area contributed by atoms with Gasteiger partial charge in [0, 0.05) is 52.2 Å². The summed E-state index contributed by atoms with van der Waals surface area (Å²) in [6.45, 7) is 8.92. The van der Waals surface area contributed by atoms with Gasteiger partial charge < -0.3 is 16.0 Å². The van der Waals surface area contributed by atoms with Crippen LogP contribution in [0.1, 0.15) is 43.9 Å². The minimum Gasteiger partial charge on any atom is -0.339 e. The van der Waals surface area contributed by atoms with Crippen LogP contribution in [-0.4, -0.2) is 61.0 Å². The van der Waals surface area contributed by atoms with Gasteiger partial charge in [0.2, 0.25) is 0 Å². The lowest BCUT2D eigenvalue weighted by molar-refractivity contribution is 0.431. The van der Waals surface area contributed by atoms with Gasteiger partial charge in [0.25, 0.3) is 19.1 Å². The first kappa shape index (κ1) is 42.1. The first-order chi connectivity index (χ1) is 29.2. The molecule has 0 atom stereocenters. The van der Waals surface area contributed by atoms with E-state index in [0.717, 1.165) is 85.3 Å². The van der Waals surface area contributed by atoms with Gasteiger partial charge in [-0.15, -0.1) is 22.7 Å². The van der Waals surface area contributed by atoms with E-state index < -0.39 is 19.1 Å². The van der Waals surface area contributed by atoms with E-state index in [1.807, 2.05) is 54.7 Å². The number of thiazole rings is 2. The van der Waals surface area contributed by atoms with Crippen molar-refractivity contribution in [1.29, 1.82) is 0 Å². The number of hydrogen-bond acceptors (Lipinski definition) is 17. The topological polar surface area (TPSA) is 211 Å². The van der Waals surface area contributed by atoms with Crippen molar-refractivity contribution in [2.45, 2.75) is 62.3 Å². The summed E-state index contributed by atoms with van der Waals surface area (Å²) in [4.78, 5) is 34.4. The maximum absolute atomic E-state index is 13.2. The Labute approximate surface area is 364 Å². The maximum Gasteiger partial charge on any atom is 0.272 e. The van der Waals surface area contributed by atoms with Crippen molar-refractivity contribution in [3.63, 3.8) is 0 Å². The number of nitrogens with one attached hydrogen (secondary N) is 3. The molecule has 0 saturated carbocycles. The molecule has 8 aromatic rings. The number of para-hydroxylation sites is 2. The van der Waals surface area contributed by atoms with E-state index in [0.29, 0.717) is 27.9 Å². The summed E-state index contributed by atoms with van der Waals surface area (Å²) in [7, 11) is -2.12. The predicted molar refractivity (Wildman–Crippen MR) is 237 cm³/mol. The molecule has 10 rings (SSSR count). The molecule has 312 valence electrons. The Morgan fingerprint density at radius 3 is 1.69 bits per heavy atom. The molecule has 0 fully saturated rings. The zero-order valence-corrected chi connectivity index (χ0v) is 37.1. The van der Waals surface area contributed by atoms with Crippen LogP contribution in [0.3, 0.4) is 0 Å². The molecule has 2 aliphatic rings. The summed E-state index contributed by atoms with van der Waals surface area (Å²) in [6.07, 6.45) is 6.62. The highest BCUT2D eigenvalue weighted by atomic mass is 35.7. The minimum absolute atomic E-state index is 0.150. The largest absolute Gasteiger partial charge is 0.339 e. The number of fused-ring (bicyclic) bond motifs is 4. The van der Waals surface area contributed by atoms with E-state index in [9.17, 15) is 16.8 Å². The van der Waals surface area contributed by atoms with Crippen molar-refractivity contribution >= 4 is 97.2 Å². The van der Waals surface area contributed by atoms with Crippen LogP contribution in [0.25, 0.3) is 21.8 Å². The smallest absolute Gasteiger partial charge is 0.272 e. The fraction of sp³-hybridized carbons (Fsp3) is 0.200. The average Bonchev–Trinajstić information content (AvgIpc) is 4.05. The monoisotopic (exact) mass is 912 g/mol. The Morgan fingerprint density at radius 2 is 1.16 bits per heavy atom. The number of benzene rings is 2. The van der Waals surface area contributed by atoms with Crippen LogP contribution in [0.5, 0.6) is 0 Å². The van der Waals surface area contributed by atoms with Crippen molar-refractivity contribution in [3.05, 3.63) is 130 Å². The highest BCUT2D eigenvalue weighted by Gasteiger charge is 2.35. The quantitative estimate of drug-likeness (QED) is 0.131. The summed E-state index contributed by atoms with van der Waals surface area (Å²) in [5, 5.41) is 13.5. The standard InChI is InChI=1S/C20H18N6O2S2.C15H13N5.C5H6ClNO2S2/c1-12-20(29-13(2)24-12)30(27,28)26-9-16-18(10-26)22-11-23-19(16)25-15-7-14-5-3-4-6-17(14)21-8-15;1-2-4-13-10(3-1)5-11(6-17-13)20-15-12-7-16-8-14(12)18-9-19-15;1-3-5(11(6,8)9)10-4(2)7-3/h3-8,11H,9-10H2,1-2H3,(H,22,23,25);1-6,9,16H,7-8H2,(H,18,19,20);1-2H3. The molecule has 0 radical (unpaired) electrons. The zero-order valence-electron chi connectivity index (χ0n) is 33.1. The molecule has 0 saturated heterocycles. The fourth-order valence-corrected chi connectivity index (χ4v) is 12.2. The van der Waals surface area contributed by atoms with Crippen molar-refractivity contribution in [1.82, 2.24) is 49.5 Å². The van der Waals surface area contributed by atoms with E-state index in [4.69, 9.17) is 10.7 Å². The molecule has 0 aliphatic carbocycles. The molecular formula is C40H37ClN12O4S4. The van der Waals surface area contributed by atoms with Crippen molar-refractivity contribution < 1.29 is 16.8 Å². The number of rotatable bonds is 7. The number of anilines is 4. The van der Waals surface area contributed by atoms with Crippen molar-refractivity contribution in [2.24, 2.45) is 0 Å². The van der Waals surface area contributed by atoms with Crippen molar-refractivity contribution in [2.75, 3.05) is 10.6 Å². The molecule has 2 aromatic carbocycles. The second kappa shape index (κ2) is 17.4. The van der Waals surface area contributed by atoms with Crippen LogP contribution in [0, 0.1) is 27.7 Å². The Kier molecular flexibility index (Phi) is 12.0. The van der Waals surface area contributed by atoms with E-state index in [1.54, 1.807) is 40.2 Å². The third-order valence-corrected chi connectivity index (χ3v) is 16.3. The molecule has 61 heavy (non-hydrogen) atoms. The van der Waals surface area contributed by atoms with E-state index in [1.165, 1.54) is 22.0 Å². The highest BCUT2D eigenvalue weighted by molar-refractivity contribution is 8.15. The molecule has 0 spiro atoms. The van der Waals surface area contributed by atoms with Gasteiger partial charge in [0.05, 0.1) is 74.1 Å². The molecule has 0 amide bonds. The van der Waals surface area contributed by atoms with Gasteiger partial charge in [-0.05, 0) is 52.0 Å². The number of sulfonamides is 1. The fourth-order valence-electron chi connectivity index (χ4n) is 6.79. The second-order valence-corrected chi connectivity index (χ2v) is 21.2. The lowest BCUT2D eigenvalue weighted by Crippen LogP contribution is -2.25. The molecule has 0 bridgehead atoms. The van der Waals surface area contributed by atoms with Gasteiger partial charge in [0.1, 0.15) is 24.3 Å². The van der Waals surface area contributed by atoms with Gasteiger partial charge in [-0.25, -0.2) is 46.7 Å². The van der Waals surface area contributed by atoms with Gasteiger partial charge in [-0.2, -0.15) is 4.31 Å². The summed E-state index contributed by atoms with van der Waals surface area (Å²) in [5.74, 6) is 1.45. The van der Waals surface area contributed by atoms with E-state index in [2.05, 4.69) is 68.0 Å². The maximum atomic E-state index is 13.2. The number of aromatic nitrogens is 8. The number of aryl methyl sites for hydroxylation is 4. The number of nitrogens with zero attached hydrogens (tertiary/aromatic N) is 9. The normalized spacial score (nSPS) is 13.5. The summed E-state index contributed by atoms with van der Waals surface area (Å²) >= 11 is 2.28. The first-order valence-corrected chi connectivity index (χ1v) is 24.0. The predicted octanol–water partition coefficient (Wildman–Crippen LogP) is 7.61. The van der Waals surface area contributed by atoms with Crippen LogP contribution in [0.2, 0.25) is 0 Å². The zero-order chi connectivity index (χ0) is 42.9. The van der Waals surface area contributed by atoms with E-state index >= 15 is 0 Å². The third kappa shape index (κ3) is 9.35. The number of pyridine rings is 2. The van der Waals surface area contributed by atoms with Crippen LogP contribution in [0.15, 0.2) is 94.1 Å².